The van der Waals surface area contributed by atoms with Gasteiger partial charge in [-0.25, -0.2) is 0 Å². The average Bonchev–Trinajstić information content (AvgIpc) is 3.03. The van der Waals surface area contributed by atoms with E-state index < -0.39 is 11.8 Å². The predicted molar refractivity (Wildman–Crippen MR) is 113 cm³/mol. The van der Waals surface area contributed by atoms with Crippen molar-refractivity contribution in [2.24, 2.45) is 0 Å². The summed E-state index contributed by atoms with van der Waals surface area (Å²) < 4.78 is 0. The lowest BCUT2D eigenvalue weighted by Crippen LogP contribution is -2.40. The molecule has 2 aromatic carbocycles. The van der Waals surface area contributed by atoms with Gasteiger partial charge in [0.2, 0.25) is 0 Å². The predicted octanol–water partition coefficient (Wildman–Crippen LogP) is 2.34. The molecule has 148 valence electrons. The number of hydrogen-bond acceptors (Lipinski definition) is 4. The Hall–Kier alpha value is -2.86. The van der Waals surface area contributed by atoms with Gasteiger partial charge in [-0.05, 0) is 56.8 Å². The first-order chi connectivity index (χ1) is 13.3. The number of hydrogen-bond donors (Lipinski definition) is 2. The molecule has 0 aromatic heterocycles. The molecular weight excluding hydrogens is 352 g/mol. The fraction of sp³-hybridized carbons (Fsp3) is 0.364. The first kappa shape index (κ1) is 19.9. The Labute approximate surface area is 166 Å². The average molecular weight is 380 g/mol. The van der Waals surface area contributed by atoms with Crippen molar-refractivity contribution in [3.05, 3.63) is 59.2 Å². The Kier molecular flexibility index (Phi) is 5.99. The van der Waals surface area contributed by atoms with Crippen molar-refractivity contribution in [2.75, 3.05) is 44.4 Å². The van der Waals surface area contributed by atoms with Crippen LogP contribution in [0.4, 0.5) is 11.4 Å². The second-order valence-electron chi connectivity index (χ2n) is 7.57. The van der Waals surface area contributed by atoms with Crippen LogP contribution in [0.1, 0.15) is 22.7 Å². The van der Waals surface area contributed by atoms with Crippen molar-refractivity contribution in [3.8, 4) is 0 Å². The Morgan fingerprint density at radius 2 is 1.82 bits per heavy atom. The number of amides is 2. The van der Waals surface area contributed by atoms with Crippen LogP contribution in [0, 0.1) is 6.92 Å². The summed E-state index contributed by atoms with van der Waals surface area (Å²) in [6, 6.07) is 13.8. The Morgan fingerprint density at radius 3 is 2.50 bits per heavy atom. The minimum atomic E-state index is -0.656. The van der Waals surface area contributed by atoms with Gasteiger partial charge in [-0.2, -0.15) is 0 Å². The van der Waals surface area contributed by atoms with Gasteiger partial charge in [0, 0.05) is 31.5 Å². The molecule has 6 nitrogen and oxygen atoms in total. The van der Waals surface area contributed by atoms with E-state index in [0.29, 0.717) is 12.2 Å². The van der Waals surface area contributed by atoms with Crippen LogP contribution >= 0.6 is 0 Å². The molecule has 0 saturated heterocycles. The second kappa shape index (κ2) is 8.44. The standard InChI is InChI=1S/C22H28N4O2/c1-15-5-8-18(9-6-15)24-22(28)21(27)23-14-20(25(2)3)16-7-10-19-17(13-16)11-12-26(19)4/h5-10,13,20H,11-12,14H2,1-4H3,(H,23,27)(H,24,28)/t20-/m1/s1. The lowest BCUT2D eigenvalue weighted by Gasteiger charge is -2.26. The van der Waals surface area contributed by atoms with Crippen LogP contribution in [-0.2, 0) is 16.0 Å². The van der Waals surface area contributed by atoms with Crippen molar-refractivity contribution >= 4 is 23.2 Å². The van der Waals surface area contributed by atoms with Crippen molar-refractivity contribution in [1.82, 2.24) is 10.2 Å². The number of carbonyl (C=O) groups is 2. The number of likely N-dealkylation sites (N-methyl/N-ethyl adjacent to an activating group) is 2. The lowest BCUT2D eigenvalue weighted by atomic mass is 10.0. The fourth-order valence-electron chi connectivity index (χ4n) is 3.49. The molecule has 2 amide bonds. The molecule has 0 spiro atoms. The maximum absolute atomic E-state index is 12.3. The van der Waals surface area contributed by atoms with E-state index in [1.54, 1.807) is 12.1 Å². The van der Waals surface area contributed by atoms with E-state index in [1.165, 1.54) is 11.3 Å². The summed E-state index contributed by atoms with van der Waals surface area (Å²) in [5.41, 5.74) is 5.44. The molecule has 1 heterocycles. The molecule has 0 fully saturated rings. The molecule has 2 aromatic rings. The van der Waals surface area contributed by atoms with Gasteiger partial charge in [-0.15, -0.1) is 0 Å². The number of anilines is 2. The van der Waals surface area contributed by atoms with E-state index >= 15 is 0 Å². The maximum Gasteiger partial charge on any atom is 0.313 e. The van der Waals surface area contributed by atoms with E-state index in [-0.39, 0.29) is 6.04 Å². The van der Waals surface area contributed by atoms with Crippen molar-refractivity contribution in [1.29, 1.82) is 0 Å². The molecule has 0 saturated carbocycles. The highest BCUT2D eigenvalue weighted by Gasteiger charge is 2.22. The first-order valence-electron chi connectivity index (χ1n) is 9.51. The summed E-state index contributed by atoms with van der Waals surface area (Å²) in [4.78, 5) is 28.7. The van der Waals surface area contributed by atoms with E-state index in [4.69, 9.17) is 0 Å². The van der Waals surface area contributed by atoms with Gasteiger partial charge in [-0.1, -0.05) is 29.8 Å². The Morgan fingerprint density at radius 1 is 1.11 bits per heavy atom. The molecule has 0 bridgehead atoms. The summed E-state index contributed by atoms with van der Waals surface area (Å²) >= 11 is 0. The molecule has 1 atom stereocenters. The van der Waals surface area contributed by atoms with Crippen LogP contribution in [0.2, 0.25) is 0 Å². The summed E-state index contributed by atoms with van der Waals surface area (Å²) in [7, 11) is 6.05. The molecule has 2 N–H and O–H groups in total. The number of rotatable bonds is 5. The Balaban J connectivity index is 1.62. The summed E-state index contributed by atoms with van der Waals surface area (Å²) in [5, 5.41) is 5.40. The maximum atomic E-state index is 12.3. The quantitative estimate of drug-likeness (QED) is 0.782. The molecule has 28 heavy (non-hydrogen) atoms. The topological polar surface area (TPSA) is 64.7 Å². The van der Waals surface area contributed by atoms with Gasteiger partial charge in [0.25, 0.3) is 0 Å². The zero-order valence-corrected chi connectivity index (χ0v) is 17.0. The van der Waals surface area contributed by atoms with Gasteiger partial charge in [-0.3, -0.25) is 9.59 Å². The molecule has 0 radical (unpaired) electrons. The second-order valence-corrected chi connectivity index (χ2v) is 7.57. The van der Waals surface area contributed by atoms with Crippen LogP contribution in [0.15, 0.2) is 42.5 Å². The van der Waals surface area contributed by atoms with E-state index in [2.05, 4.69) is 45.7 Å². The highest BCUT2D eigenvalue weighted by molar-refractivity contribution is 6.39. The molecular formula is C22H28N4O2. The van der Waals surface area contributed by atoms with Crippen LogP contribution in [0.5, 0.6) is 0 Å². The van der Waals surface area contributed by atoms with Crippen LogP contribution in [0.25, 0.3) is 0 Å². The largest absolute Gasteiger partial charge is 0.374 e. The third-order valence-electron chi connectivity index (χ3n) is 5.21. The molecule has 1 aliphatic heterocycles. The molecule has 0 unspecified atom stereocenters. The normalized spacial score (nSPS) is 14.0. The molecule has 3 rings (SSSR count). The SMILES string of the molecule is Cc1ccc(NC(=O)C(=O)NC[C@H](c2ccc3c(c2)CCN3C)N(C)C)cc1. The highest BCUT2D eigenvalue weighted by Crippen LogP contribution is 2.30. The van der Waals surface area contributed by atoms with Crippen molar-refractivity contribution in [3.63, 3.8) is 0 Å². The third-order valence-corrected chi connectivity index (χ3v) is 5.21. The number of nitrogens with one attached hydrogen (secondary N) is 2. The molecule has 0 aliphatic carbocycles. The number of benzene rings is 2. The van der Waals surface area contributed by atoms with Crippen molar-refractivity contribution in [2.45, 2.75) is 19.4 Å². The minimum Gasteiger partial charge on any atom is -0.374 e. The summed E-state index contributed by atoms with van der Waals surface area (Å²) in [6.07, 6.45) is 1.03. The van der Waals surface area contributed by atoms with Crippen LogP contribution in [-0.4, -0.2) is 50.9 Å². The lowest BCUT2D eigenvalue weighted by molar-refractivity contribution is -0.136. The minimum absolute atomic E-state index is 0.00710. The summed E-state index contributed by atoms with van der Waals surface area (Å²) in [5.74, 6) is -1.29. The van der Waals surface area contributed by atoms with Gasteiger partial charge in [0.15, 0.2) is 0 Å². The number of nitrogens with zero attached hydrogens (tertiary/aromatic N) is 2. The smallest absolute Gasteiger partial charge is 0.313 e. The zero-order chi connectivity index (χ0) is 20.3. The molecule has 6 heteroatoms. The highest BCUT2D eigenvalue weighted by atomic mass is 16.2. The van der Waals surface area contributed by atoms with Crippen molar-refractivity contribution < 1.29 is 9.59 Å². The number of carbonyl (C=O) groups excluding carboxylic acids is 2. The number of fused-ring (bicyclic) bond motifs is 1. The van der Waals surface area contributed by atoms with Gasteiger partial charge < -0.3 is 20.4 Å². The monoisotopic (exact) mass is 380 g/mol. The van der Waals surface area contributed by atoms with Gasteiger partial charge in [0.05, 0.1) is 6.04 Å². The van der Waals surface area contributed by atoms with E-state index in [0.717, 1.165) is 24.1 Å². The number of aryl methyl sites for hydroxylation is 1. The van der Waals surface area contributed by atoms with Gasteiger partial charge >= 0.3 is 11.8 Å². The Bertz CT molecular complexity index is 861. The van der Waals surface area contributed by atoms with E-state index in [1.807, 2.05) is 33.2 Å². The third kappa shape index (κ3) is 4.51. The zero-order valence-electron chi connectivity index (χ0n) is 17.0. The molecule has 1 aliphatic rings. The summed E-state index contributed by atoms with van der Waals surface area (Å²) in [6.45, 7) is 3.36. The van der Waals surface area contributed by atoms with Gasteiger partial charge in [0.1, 0.15) is 0 Å². The van der Waals surface area contributed by atoms with Crippen LogP contribution < -0.4 is 15.5 Å². The van der Waals surface area contributed by atoms with E-state index in [9.17, 15) is 9.59 Å². The fourth-order valence-corrected chi connectivity index (χ4v) is 3.49. The first-order valence-corrected chi connectivity index (χ1v) is 9.51. The van der Waals surface area contributed by atoms with Crippen LogP contribution in [0.3, 0.4) is 0 Å².